The van der Waals surface area contributed by atoms with E-state index >= 15 is 0 Å². The lowest BCUT2D eigenvalue weighted by molar-refractivity contribution is -0.0219. The minimum atomic E-state index is -1.66. The van der Waals surface area contributed by atoms with Gasteiger partial charge in [-0.2, -0.15) is 0 Å². The molecule has 0 aliphatic heterocycles. The number of carbonyl (C=O) groups is 1. The van der Waals surface area contributed by atoms with Crippen molar-refractivity contribution in [1.29, 1.82) is 0 Å². The molecule has 0 saturated heterocycles. The van der Waals surface area contributed by atoms with Gasteiger partial charge in [0.1, 0.15) is 5.60 Å². The first-order valence-electron chi connectivity index (χ1n) is 9.16. The Bertz CT molecular complexity index is 652. The van der Waals surface area contributed by atoms with Crippen LogP contribution in [0.25, 0.3) is 0 Å². The first-order chi connectivity index (χ1) is 12.2. The number of benzene rings is 1. The molecule has 152 valence electrons. The summed E-state index contributed by atoms with van der Waals surface area (Å²) in [4.78, 5) is 12.6. The summed E-state index contributed by atoms with van der Waals surface area (Å²) < 4.78 is 11.9. The Morgan fingerprint density at radius 2 is 1.63 bits per heavy atom. The Balaban J connectivity index is 3.56. The third-order valence-electron chi connectivity index (χ3n) is 4.05. The van der Waals surface area contributed by atoms with Crippen LogP contribution in [0.2, 0.25) is 13.1 Å². The van der Waals surface area contributed by atoms with Crippen molar-refractivity contribution in [3.63, 3.8) is 0 Å². The average molecular weight is 412 g/mol. The van der Waals surface area contributed by atoms with Crippen molar-refractivity contribution in [3.05, 3.63) is 35.9 Å². The van der Waals surface area contributed by atoms with Gasteiger partial charge in [-0.25, -0.2) is 4.79 Å². The number of hydrogen-bond acceptors (Lipinski definition) is 4. The molecule has 0 heterocycles. The van der Waals surface area contributed by atoms with Crippen LogP contribution < -0.4 is 5.32 Å². The molecule has 1 amide bonds. The molecule has 0 saturated carbocycles. The van der Waals surface area contributed by atoms with E-state index in [0.717, 1.165) is 5.56 Å². The maximum absolute atomic E-state index is 12.6. The van der Waals surface area contributed by atoms with Crippen molar-refractivity contribution < 1.29 is 19.1 Å². The zero-order valence-corrected chi connectivity index (χ0v) is 19.6. The standard InChI is InChI=1S/C20H33NO4SSi/c1-18(2,3)20(16(22)26,25-27(7)8)15(14-12-10-9-11-13-14)21-17(23)24-19(4,5)6/h9-13,15,27H,1-8H3,(H,21,23)(H,22,26)/t15-,20-/m1/s1. The van der Waals surface area contributed by atoms with Gasteiger partial charge in [-0.15, -0.1) is 0 Å². The highest BCUT2D eigenvalue weighted by Gasteiger charge is 2.55. The molecule has 0 bridgehead atoms. The summed E-state index contributed by atoms with van der Waals surface area (Å²) in [5.41, 5.74) is -1.74. The largest absolute Gasteiger partial charge is 0.500 e. The van der Waals surface area contributed by atoms with E-state index in [1.165, 1.54) is 0 Å². The third-order valence-corrected chi connectivity index (χ3v) is 5.20. The molecule has 27 heavy (non-hydrogen) atoms. The lowest BCUT2D eigenvalue weighted by Crippen LogP contribution is -2.62. The normalized spacial score (nSPS) is 15.7. The van der Waals surface area contributed by atoms with Crippen molar-refractivity contribution in [3.8, 4) is 0 Å². The van der Waals surface area contributed by atoms with Crippen LogP contribution in [-0.2, 0) is 9.16 Å². The van der Waals surface area contributed by atoms with E-state index in [1.54, 1.807) is 20.8 Å². The number of aliphatic hydroxyl groups excluding tert-OH is 1. The number of hydrogen-bond donors (Lipinski definition) is 2. The predicted molar refractivity (Wildman–Crippen MR) is 116 cm³/mol. The molecular weight excluding hydrogens is 378 g/mol. The van der Waals surface area contributed by atoms with Gasteiger partial charge in [0, 0.05) is 5.41 Å². The Hall–Kier alpha value is -1.44. The number of carbonyl (C=O) groups excluding carboxylic acids is 1. The van der Waals surface area contributed by atoms with Crippen LogP contribution in [0.5, 0.6) is 0 Å². The molecule has 1 aromatic rings. The van der Waals surface area contributed by atoms with Crippen LogP contribution >= 0.6 is 12.2 Å². The SMILES string of the molecule is C[SiH](C)O[C@@](C(O)=S)([C@H](NC(=O)OC(C)(C)C)c1ccccc1)C(C)(C)C. The van der Waals surface area contributed by atoms with E-state index in [1.807, 2.05) is 64.2 Å². The van der Waals surface area contributed by atoms with Gasteiger partial charge < -0.3 is 19.6 Å². The molecule has 2 N–H and O–H groups in total. The number of aliphatic hydroxyl groups is 1. The molecule has 0 spiro atoms. The maximum atomic E-state index is 12.6. The molecule has 0 radical (unpaired) electrons. The van der Waals surface area contributed by atoms with Crippen molar-refractivity contribution >= 4 is 32.4 Å². The van der Waals surface area contributed by atoms with Crippen molar-refractivity contribution in [2.75, 3.05) is 0 Å². The second-order valence-electron chi connectivity index (χ2n) is 8.95. The monoisotopic (exact) mass is 411 g/mol. The number of ether oxygens (including phenoxy) is 1. The highest BCUT2D eigenvalue weighted by Crippen LogP contribution is 2.45. The fourth-order valence-corrected chi connectivity index (χ4v) is 4.94. The van der Waals surface area contributed by atoms with Crippen molar-refractivity contribution in [1.82, 2.24) is 5.32 Å². The summed E-state index contributed by atoms with van der Waals surface area (Å²) in [5.74, 6) is 0. The van der Waals surface area contributed by atoms with Gasteiger partial charge >= 0.3 is 6.09 Å². The third kappa shape index (κ3) is 6.02. The van der Waals surface area contributed by atoms with Gasteiger partial charge in [-0.3, -0.25) is 0 Å². The highest BCUT2D eigenvalue weighted by atomic mass is 32.1. The number of alkyl carbamates (subject to hydrolysis) is 1. The Labute approximate surface area is 170 Å². The minimum Gasteiger partial charge on any atom is -0.500 e. The van der Waals surface area contributed by atoms with Gasteiger partial charge in [0.15, 0.2) is 19.7 Å². The molecule has 0 aliphatic carbocycles. The van der Waals surface area contributed by atoms with Gasteiger partial charge in [-0.05, 0) is 51.6 Å². The quantitative estimate of drug-likeness (QED) is 0.513. The topological polar surface area (TPSA) is 67.8 Å². The van der Waals surface area contributed by atoms with Crippen LogP contribution in [0, 0.1) is 5.41 Å². The molecule has 0 aromatic heterocycles. The molecule has 0 unspecified atom stereocenters. The number of amides is 1. The Kier molecular flexibility index (Phi) is 7.61. The average Bonchev–Trinajstić information content (AvgIpc) is 2.48. The summed E-state index contributed by atoms with van der Waals surface area (Å²) in [6.45, 7) is 15.2. The Morgan fingerprint density at radius 3 is 2.00 bits per heavy atom. The number of rotatable bonds is 6. The van der Waals surface area contributed by atoms with Gasteiger partial charge in [0.2, 0.25) is 0 Å². The molecule has 7 heteroatoms. The molecular formula is C20H33NO4SSi. The summed E-state index contributed by atoms with van der Waals surface area (Å²) in [5, 5.41) is 13.3. The van der Waals surface area contributed by atoms with E-state index in [-0.39, 0.29) is 5.05 Å². The smallest absolute Gasteiger partial charge is 0.408 e. The highest BCUT2D eigenvalue weighted by molar-refractivity contribution is 7.80. The summed E-state index contributed by atoms with van der Waals surface area (Å²) in [7, 11) is -1.66. The van der Waals surface area contributed by atoms with E-state index in [4.69, 9.17) is 21.4 Å². The fourth-order valence-electron chi connectivity index (χ4n) is 3.03. The molecule has 1 rings (SSSR count). The Morgan fingerprint density at radius 1 is 1.11 bits per heavy atom. The van der Waals surface area contributed by atoms with Gasteiger partial charge in [0.05, 0.1) is 6.04 Å². The van der Waals surface area contributed by atoms with Crippen LogP contribution in [0.3, 0.4) is 0 Å². The molecule has 0 fully saturated rings. The van der Waals surface area contributed by atoms with Crippen molar-refractivity contribution in [2.45, 2.75) is 71.9 Å². The van der Waals surface area contributed by atoms with Crippen LogP contribution in [0.15, 0.2) is 30.3 Å². The molecule has 2 atom stereocenters. The second-order valence-corrected chi connectivity index (χ2v) is 11.7. The lowest BCUT2D eigenvalue weighted by atomic mass is 9.70. The van der Waals surface area contributed by atoms with Crippen LogP contribution in [0.1, 0.15) is 53.1 Å². The van der Waals surface area contributed by atoms with E-state index < -0.39 is 37.8 Å². The van der Waals surface area contributed by atoms with Crippen molar-refractivity contribution in [2.24, 2.45) is 5.41 Å². The minimum absolute atomic E-state index is 0.277. The lowest BCUT2D eigenvalue weighted by Gasteiger charge is -2.49. The first-order valence-corrected chi connectivity index (χ1v) is 12.4. The van der Waals surface area contributed by atoms with Gasteiger partial charge in [0.25, 0.3) is 0 Å². The van der Waals surface area contributed by atoms with E-state index in [9.17, 15) is 9.90 Å². The van der Waals surface area contributed by atoms with Crippen LogP contribution in [-0.4, -0.2) is 36.5 Å². The van der Waals surface area contributed by atoms with E-state index in [2.05, 4.69) is 5.32 Å². The van der Waals surface area contributed by atoms with Crippen LogP contribution in [0.4, 0.5) is 4.79 Å². The summed E-state index contributed by atoms with van der Waals surface area (Å²) >= 11 is 5.30. The van der Waals surface area contributed by atoms with Gasteiger partial charge in [-0.1, -0.05) is 51.1 Å². The van der Waals surface area contributed by atoms with E-state index in [0.29, 0.717) is 0 Å². The number of thiocarbonyl (C=S) groups is 1. The molecule has 5 nitrogen and oxygen atoms in total. The fraction of sp³-hybridized carbons (Fsp3) is 0.600. The molecule has 0 aliphatic rings. The maximum Gasteiger partial charge on any atom is 0.408 e. The first kappa shape index (κ1) is 23.6. The predicted octanol–water partition coefficient (Wildman–Crippen LogP) is 4.92. The zero-order valence-electron chi connectivity index (χ0n) is 17.6. The summed E-state index contributed by atoms with van der Waals surface area (Å²) in [6, 6.07) is 8.70. The zero-order chi connectivity index (χ0) is 21.0. The number of nitrogens with one attached hydrogen (secondary N) is 1. The molecule has 1 aromatic carbocycles. The summed E-state index contributed by atoms with van der Waals surface area (Å²) in [6.07, 6.45) is -0.588. The second kappa shape index (κ2) is 8.71.